The molecule has 0 atom stereocenters. The highest BCUT2D eigenvalue weighted by atomic mass is 35.5. The highest BCUT2D eigenvalue weighted by Gasteiger charge is 2.09. The summed E-state index contributed by atoms with van der Waals surface area (Å²) in [4.78, 5) is 11.1. The molecule has 0 aliphatic carbocycles. The van der Waals surface area contributed by atoms with Gasteiger partial charge in [0, 0.05) is 22.2 Å². The van der Waals surface area contributed by atoms with Gasteiger partial charge in [-0.25, -0.2) is 4.79 Å². The van der Waals surface area contributed by atoms with Crippen molar-refractivity contribution in [2.24, 2.45) is 0 Å². The molecule has 4 nitrogen and oxygen atoms in total. The summed E-state index contributed by atoms with van der Waals surface area (Å²) in [5.74, 6) is -0.339. The van der Waals surface area contributed by atoms with Crippen molar-refractivity contribution in [1.82, 2.24) is 0 Å². The van der Waals surface area contributed by atoms with E-state index in [0.717, 1.165) is 11.1 Å². The van der Waals surface area contributed by atoms with Crippen molar-refractivity contribution in [3.8, 4) is 5.75 Å². The van der Waals surface area contributed by atoms with Crippen molar-refractivity contribution in [3.63, 3.8) is 0 Å². The van der Waals surface area contributed by atoms with Gasteiger partial charge in [-0.3, -0.25) is 0 Å². The molecular weight excluding hydrogens is 421 g/mol. The predicted octanol–water partition coefficient (Wildman–Crippen LogP) is 6.54. The van der Waals surface area contributed by atoms with Gasteiger partial charge in [0.05, 0.1) is 16.3 Å². The number of aromatic carboxylic acids is 1. The lowest BCUT2D eigenvalue weighted by Crippen LogP contribution is -2.03. The standard InChI is InChI=1S/C21H16Cl3NO3/c22-17-5-2-6-18(23)16(17)12-28-15-4-1-3-13(9-15)11-25-20-10-14(21(26)27)7-8-19(20)24/h1-10,25H,11-12H2,(H,26,27). The molecule has 0 amide bonds. The molecule has 0 aliphatic heterocycles. The van der Waals surface area contributed by atoms with Gasteiger partial charge in [0.2, 0.25) is 0 Å². The van der Waals surface area contributed by atoms with Crippen LogP contribution in [-0.2, 0) is 13.2 Å². The number of ether oxygens (including phenoxy) is 1. The average molecular weight is 437 g/mol. The lowest BCUT2D eigenvalue weighted by atomic mass is 10.1. The molecule has 0 fully saturated rings. The number of nitrogens with one attached hydrogen (secondary N) is 1. The van der Waals surface area contributed by atoms with Crippen LogP contribution in [0, 0.1) is 0 Å². The molecule has 7 heteroatoms. The maximum Gasteiger partial charge on any atom is 0.335 e. The van der Waals surface area contributed by atoms with E-state index in [-0.39, 0.29) is 12.2 Å². The molecule has 0 radical (unpaired) electrons. The Morgan fingerprint density at radius 2 is 1.64 bits per heavy atom. The fraction of sp³-hybridized carbons (Fsp3) is 0.0952. The van der Waals surface area contributed by atoms with Crippen LogP contribution in [0.3, 0.4) is 0 Å². The topological polar surface area (TPSA) is 58.6 Å². The second-order valence-electron chi connectivity index (χ2n) is 5.99. The van der Waals surface area contributed by atoms with Gasteiger partial charge >= 0.3 is 5.97 Å². The number of carboxylic acids is 1. The van der Waals surface area contributed by atoms with E-state index in [1.165, 1.54) is 12.1 Å². The van der Waals surface area contributed by atoms with Gasteiger partial charge in [-0.2, -0.15) is 0 Å². The van der Waals surface area contributed by atoms with Gasteiger partial charge in [0.1, 0.15) is 12.4 Å². The summed E-state index contributed by atoms with van der Waals surface area (Å²) in [6, 6.07) is 17.4. The third kappa shape index (κ3) is 5.10. The largest absolute Gasteiger partial charge is 0.489 e. The lowest BCUT2D eigenvalue weighted by Gasteiger charge is -2.12. The van der Waals surface area contributed by atoms with E-state index in [0.29, 0.717) is 33.0 Å². The normalized spacial score (nSPS) is 10.5. The quantitative estimate of drug-likeness (QED) is 0.442. The Bertz CT molecular complexity index is 988. The first-order valence-electron chi connectivity index (χ1n) is 8.35. The summed E-state index contributed by atoms with van der Waals surface area (Å²) in [5, 5.41) is 13.8. The maximum atomic E-state index is 11.1. The number of carboxylic acid groups (broad SMARTS) is 1. The lowest BCUT2D eigenvalue weighted by molar-refractivity contribution is 0.0697. The number of hydrogen-bond acceptors (Lipinski definition) is 3. The van der Waals surface area contributed by atoms with Crippen LogP contribution in [0.5, 0.6) is 5.75 Å². The van der Waals surface area contributed by atoms with Gasteiger partial charge in [-0.1, -0.05) is 53.0 Å². The third-order valence-corrected chi connectivity index (χ3v) is 5.08. The number of anilines is 1. The van der Waals surface area contributed by atoms with Gasteiger partial charge in [0.25, 0.3) is 0 Å². The molecule has 0 spiro atoms. The molecule has 0 saturated heterocycles. The Balaban J connectivity index is 1.67. The molecule has 0 bridgehead atoms. The highest BCUT2D eigenvalue weighted by molar-refractivity contribution is 6.36. The molecule has 0 heterocycles. The van der Waals surface area contributed by atoms with Crippen LogP contribution in [0.1, 0.15) is 21.5 Å². The number of rotatable bonds is 7. The van der Waals surface area contributed by atoms with Gasteiger partial charge in [-0.15, -0.1) is 0 Å². The minimum atomic E-state index is -1.01. The molecule has 3 rings (SSSR count). The smallest absolute Gasteiger partial charge is 0.335 e. The molecule has 2 N–H and O–H groups in total. The molecule has 3 aromatic carbocycles. The zero-order valence-electron chi connectivity index (χ0n) is 14.6. The molecule has 3 aromatic rings. The zero-order valence-corrected chi connectivity index (χ0v) is 16.9. The highest BCUT2D eigenvalue weighted by Crippen LogP contribution is 2.27. The minimum Gasteiger partial charge on any atom is -0.489 e. The summed E-state index contributed by atoms with van der Waals surface area (Å²) in [5.41, 5.74) is 2.39. The minimum absolute atomic E-state index is 0.167. The molecule has 28 heavy (non-hydrogen) atoms. The van der Waals surface area contributed by atoms with E-state index in [1.807, 2.05) is 24.3 Å². The van der Waals surface area contributed by atoms with Crippen LogP contribution < -0.4 is 10.1 Å². The predicted molar refractivity (Wildman–Crippen MR) is 113 cm³/mol. The van der Waals surface area contributed by atoms with Crippen LogP contribution >= 0.6 is 34.8 Å². The second kappa shape index (κ2) is 9.20. The second-order valence-corrected chi connectivity index (χ2v) is 7.21. The van der Waals surface area contributed by atoms with Crippen molar-refractivity contribution in [2.45, 2.75) is 13.2 Å². The Morgan fingerprint density at radius 1 is 0.929 bits per heavy atom. The van der Waals surface area contributed by atoms with Gasteiger partial charge < -0.3 is 15.2 Å². The Labute approximate surface area is 177 Å². The molecule has 0 saturated carbocycles. The number of benzene rings is 3. The number of carbonyl (C=O) groups is 1. The summed E-state index contributed by atoms with van der Waals surface area (Å²) in [6.45, 7) is 0.703. The summed E-state index contributed by atoms with van der Waals surface area (Å²) < 4.78 is 5.82. The molecular formula is C21H16Cl3NO3. The Kier molecular flexibility index (Phi) is 6.68. The molecule has 0 aliphatic rings. The Hall–Kier alpha value is -2.40. The van der Waals surface area contributed by atoms with Crippen molar-refractivity contribution < 1.29 is 14.6 Å². The van der Waals surface area contributed by atoms with Crippen LogP contribution in [-0.4, -0.2) is 11.1 Å². The first-order chi connectivity index (χ1) is 13.4. The van der Waals surface area contributed by atoms with Gasteiger partial charge in [-0.05, 0) is 48.0 Å². The van der Waals surface area contributed by atoms with Crippen LogP contribution in [0.25, 0.3) is 0 Å². The summed E-state index contributed by atoms with van der Waals surface area (Å²) in [7, 11) is 0. The molecule has 144 valence electrons. The number of halogens is 3. The van der Waals surface area contributed by atoms with E-state index in [1.54, 1.807) is 24.3 Å². The first kappa shape index (κ1) is 20.3. The average Bonchev–Trinajstić information content (AvgIpc) is 2.67. The monoisotopic (exact) mass is 435 g/mol. The zero-order chi connectivity index (χ0) is 20.1. The fourth-order valence-electron chi connectivity index (χ4n) is 2.56. The van der Waals surface area contributed by atoms with E-state index in [9.17, 15) is 4.79 Å². The van der Waals surface area contributed by atoms with Gasteiger partial charge in [0.15, 0.2) is 0 Å². The van der Waals surface area contributed by atoms with E-state index in [4.69, 9.17) is 44.6 Å². The van der Waals surface area contributed by atoms with Crippen LogP contribution in [0.15, 0.2) is 60.7 Å². The van der Waals surface area contributed by atoms with E-state index < -0.39 is 5.97 Å². The summed E-state index contributed by atoms with van der Waals surface area (Å²) in [6.07, 6.45) is 0. The van der Waals surface area contributed by atoms with Crippen molar-refractivity contribution in [3.05, 3.63) is 92.4 Å². The van der Waals surface area contributed by atoms with Crippen molar-refractivity contribution in [1.29, 1.82) is 0 Å². The number of hydrogen-bond donors (Lipinski definition) is 2. The van der Waals surface area contributed by atoms with Crippen molar-refractivity contribution in [2.75, 3.05) is 5.32 Å². The SMILES string of the molecule is O=C(O)c1ccc(Cl)c(NCc2cccc(OCc3c(Cl)cccc3Cl)c2)c1. The molecule has 0 unspecified atom stereocenters. The van der Waals surface area contributed by atoms with Crippen LogP contribution in [0.2, 0.25) is 15.1 Å². The van der Waals surface area contributed by atoms with E-state index >= 15 is 0 Å². The van der Waals surface area contributed by atoms with Crippen molar-refractivity contribution >= 4 is 46.5 Å². The first-order valence-corrected chi connectivity index (χ1v) is 9.49. The van der Waals surface area contributed by atoms with E-state index in [2.05, 4.69) is 5.32 Å². The summed E-state index contributed by atoms with van der Waals surface area (Å²) >= 11 is 18.5. The fourth-order valence-corrected chi connectivity index (χ4v) is 3.25. The van der Waals surface area contributed by atoms with Crippen LogP contribution in [0.4, 0.5) is 5.69 Å². The maximum absolute atomic E-state index is 11.1. The molecule has 0 aromatic heterocycles. The Morgan fingerprint density at radius 3 is 2.36 bits per heavy atom. The third-order valence-electron chi connectivity index (χ3n) is 4.04.